The Morgan fingerprint density at radius 3 is 2.00 bits per heavy atom. The first-order valence-electron chi connectivity index (χ1n) is 9.83. The molecule has 0 aliphatic rings. The maximum Gasteiger partial charge on any atom is 0.261 e. The highest BCUT2D eigenvalue weighted by atomic mass is 32.2. The summed E-state index contributed by atoms with van der Waals surface area (Å²) in [5.41, 5.74) is 1.13. The molecule has 0 aromatic heterocycles. The number of carbonyl (C=O) groups is 1. The maximum absolute atomic E-state index is 13.4. The highest BCUT2D eigenvalue weighted by molar-refractivity contribution is 7.92. The highest BCUT2D eigenvalue weighted by Crippen LogP contribution is 2.38. The summed E-state index contributed by atoms with van der Waals surface area (Å²) in [6, 6.07) is 11.3. The number of methoxy groups -OCH3 is 3. The number of sulfonamides is 1. The molecule has 180 valence electrons. The maximum atomic E-state index is 13.4. The second-order valence-corrected chi connectivity index (χ2v) is 8.66. The van der Waals surface area contributed by atoms with E-state index in [1.54, 1.807) is 12.1 Å². The summed E-state index contributed by atoms with van der Waals surface area (Å²) in [5, 5.41) is 2.75. The van der Waals surface area contributed by atoms with Crippen molar-refractivity contribution in [2.45, 2.75) is 11.4 Å². The number of halogens is 2. The van der Waals surface area contributed by atoms with Gasteiger partial charge in [0.1, 0.15) is 0 Å². The SMILES string of the molecule is COc1cc(CNC(=O)c2ccc(NS(=O)(=O)c3ccc(F)c(F)c3)cc2)cc(OC)c1OC. The van der Waals surface area contributed by atoms with Crippen molar-refractivity contribution in [3.63, 3.8) is 0 Å². The minimum absolute atomic E-state index is 0.144. The van der Waals surface area contributed by atoms with Crippen LogP contribution in [0, 0.1) is 11.6 Å². The van der Waals surface area contributed by atoms with Crippen molar-refractivity contribution in [1.82, 2.24) is 5.32 Å². The average Bonchev–Trinajstić information content (AvgIpc) is 2.83. The van der Waals surface area contributed by atoms with Gasteiger partial charge in [-0.1, -0.05) is 0 Å². The molecule has 0 fully saturated rings. The van der Waals surface area contributed by atoms with Crippen LogP contribution in [0.5, 0.6) is 17.2 Å². The van der Waals surface area contributed by atoms with E-state index in [4.69, 9.17) is 14.2 Å². The molecule has 0 radical (unpaired) electrons. The van der Waals surface area contributed by atoms with Crippen molar-refractivity contribution in [3.8, 4) is 17.2 Å². The molecule has 0 saturated carbocycles. The summed E-state index contributed by atoms with van der Waals surface area (Å²) in [4.78, 5) is 12.1. The summed E-state index contributed by atoms with van der Waals surface area (Å²) < 4.78 is 69.3. The van der Waals surface area contributed by atoms with Gasteiger partial charge in [0.2, 0.25) is 5.75 Å². The van der Waals surface area contributed by atoms with Crippen LogP contribution in [0.4, 0.5) is 14.5 Å². The Hall–Kier alpha value is -3.86. The van der Waals surface area contributed by atoms with Gasteiger partial charge >= 0.3 is 0 Å². The lowest BCUT2D eigenvalue weighted by molar-refractivity contribution is 0.0951. The third kappa shape index (κ3) is 5.54. The summed E-state index contributed by atoms with van der Waals surface area (Å²) in [6.07, 6.45) is 0. The summed E-state index contributed by atoms with van der Waals surface area (Å²) in [7, 11) is 0.324. The van der Waals surface area contributed by atoms with Crippen molar-refractivity contribution < 1.29 is 36.2 Å². The van der Waals surface area contributed by atoms with E-state index in [-0.39, 0.29) is 17.8 Å². The van der Waals surface area contributed by atoms with Gasteiger partial charge in [-0.25, -0.2) is 17.2 Å². The van der Waals surface area contributed by atoms with Crippen molar-refractivity contribution in [1.29, 1.82) is 0 Å². The molecule has 0 saturated heterocycles. The molecule has 3 aromatic rings. The molecule has 11 heteroatoms. The second-order valence-electron chi connectivity index (χ2n) is 6.98. The van der Waals surface area contributed by atoms with Gasteiger partial charge in [0.15, 0.2) is 23.1 Å². The van der Waals surface area contributed by atoms with Crippen LogP contribution in [-0.2, 0) is 16.6 Å². The highest BCUT2D eigenvalue weighted by Gasteiger charge is 2.17. The normalized spacial score (nSPS) is 11.0. The first-order chi connectivity index (χ1) is 16.2. The molecule has 0 heterocycles. The number of anilines is 1. The number of nitrogens with one attached hydrogen (secondary N) is 2. The monoisotopic (exact) mass is 492 g/mol. The quantitative estimate of drug-likeness (QED) is 0.472. The molecule has 0 aliphatic heterocycles. The number of ether oxygens (including phenoxy) is 3. The second kappa shape index (κ2) is 10.4. The molecule has 0 aliphatic carbocycles. The Bertz CT molecular complexity index is 1270. The Balaban J connectivity index is 1.68. The lowest BCUT2D eigenvalue weighted by Gasteiger charge is -2.14. The van der Waals surface area contributed by atoms with Crippen LogP contribution in [0.15, 0.2) is 59.5 Å². The van der Waals surface area contributed by atoms with Gasteiger partial charge in [-0.2, -0.15) is 0 Å². The Kier molecular flexibility index (Phi) is 7.57. The summed E-state index contributed by atoms with van der Waals surface area (Å²) >= 11 is 0. The largest absolute Gasteiger partial charge is 0.493 e. The van der Waals surface area contributed by atoms with Crippen molar-refractivity contribution in [3.05, 3.63) is 77.4 Å². The van der Waals surface area contributed by atoms with Gasteiger partial charge < -0.3 is 19.5 Å². The van der Waals surface area contributed by atoms with E-state index in [9.17, 15) is 22.0 Å². The zero-order valence-corrected chi connectivity index (χ0v) is 19.3. The predicted octanol–water partition coefficient (Wildman–Crippen LogP) is 3.72. The lowest BCUT2D eigenvalue weighted by atomic mass is 10.1. The fourth-order valence-corrected chi connectivity index (χ4v) is 4.14. The molecule has 0 spiro atoms. The first kappa shape index (κ1) is 24.8. The smallest absolute Gasteiger partial charge is 0.261 e. The van der Waals surface area contributed by atoms with Crippen LogP contribution >= 0.6 is 0 Å². The fraction of sp³-hybridized carbons (Fsp3) is 0.174. The Labute approximate surface area is 195 Å². The van der Waals surface area contributed by atoms with Crippen LogP contribution in [0.2, 0.25) is 0 Å². The number of carbonyl (C=O) groups excluding carboxylic acids is 1. The van der Waals surface area contributed by atoms with E-state index < -0.39 is 32.5 Å². The Morgan fingerprint density at radius 1 is 0.853 bits per heavy atom. The van der Waals surface area contributed by atoms with E-state index >= 15 is 0 Å². The van der Waals surface area contributed by atoms with Gasteiger partial charge in [-0.15, -0.1) is 0 Å². The fourth-order valence-electron chi connectivity index (χ4n) is 3.07. The molecule has 0 unspecified atom stereocenters. The van der Waals surface area contributed by atoms with Crippen LogP contribution in [0.25, 0.3) is 0 Å². The third-order valence-electron chi connectivity index (χ3n) is 4.78. The zero-order chi connectivity index (χ0) is 24.9. The molecular weight excluding hydrogens is 470 g/mol. The molecule has 2 N–H and O–H groups in total. The number of hydrogen-bond donors (Lipinski definition) is 2. The minimum atomic E-state index is -4.14. The van der Waals surface area contributed by atoms with Crippen LogP contribution in [-0.4, -0.2) is 35.7 Å². The van der Waals surface area contributed by atoms with Gasteiger partial charge in [-0.3, -0.25) is 9.52 Å². The molecule has 1 amide bonds. The van der Waals surface area contributed by atoms with E-state index in [1.807, 2.05) is 0 Å². The molecule has 0 atom stereocenters. The summed E-state index contributed by atoms with van der Waals surface area (Å²) in [6.45, 7) is 0.167. The molecule has 0 bridgehead atoms. The molecule has 3 aromatic carbocycles. The van der Waals surface area contributed by atoms with E-state index in [0.717, 1.165) is 12.1 Å². The Morgan fingerprint density at radius 2 is 1.47 bits per heavy atom. The van der Waals surface area contributed by atoms with Crippen LogP contribution < -0.4 is 24.2 Å². The topological polar surface area (TPSA) is 103 Å². The predicted molar refractivity (Wildman–Crippen MR) is 121 cm³/mol. The van der Waals surface area contributed by atoms with Crippen molar-refractivity contribution >= 4 is 21.6 Å². The number of hydrogen-bond acceptors (Lipinski definition) is 6. The number of benzene rings is 3. The minimum Gasteiger partial charge on any atom is -0.493 e. The van der Waals surface area contributed by atoms with Gasteiger partial charge in [0.05, 0.1) is 26.2 Å². The molecule has 3 rings (SSSR count). The van der Waals surface area contributed by atoms with Gasteiger partial charge in [0, 0.05) is 17.8 Å². The average molecular weight is 493 g/mol. The van der Waals surface area contributed by atoms with Crippen molar-refractivity contribution in [2.75, 3.05) is 26.1 Å². The van der Waals surface area contributed by atoms with E-state index in [2.05, 4.69) is 10.0 Å². The van der Waals surface area contributed by atoms with E-state index in [1.165, 1.54) is 45.6 Å². The lowest BCUT2D eigenvalue weighted by Crippen LogP contribution is -2.23. The van der Waals surface area contributed by atoms with Crippen LogP contribution in [0.1, 0.15) is 15.9 Å². The third-order valence-corrected chi connectivity index (χ3v) is 6.16. The molecular formula is C23H22F2N2O6S. The molecule has 34 heavy (non-hydrogen) atoms. The zero-order valence-electron chi connectivity index (χ0n) is 18.5. The molecule has 8 nitrogen and oxygen atoms in total. The number of rotatable bonds is 9. The van der Waals surface area contributed by atoms with E-state index in [0.29, 0.717) is 28.9 Å². The summed E-state index contributed by atoms with van der Waals surface area (Å²) in [5.74, 6) is -1.50. The van der Waals surface area contributed by atoms with Gasteiger partial charge in [-0.05, 0) is 60.2 Å². The number of amides is 1. The van der Waals surface area contributed by atoms with Gasteiger partial charge in [0.25, 0.3) is 15.9 Å². The first-order valence-corrected chi connectivity index (χ1v) is 11.3. The van der Waals surface area contributed by atoms with Crippen LogP contribution in [0.3, 0.4) is 0 Å². The van der Waals surface area contributed by atoms with Crippen molar-refractivity contribution in [2.24, 2.45) is 0 Å². The standard InChI is InChI=1S/C23H22F2N2O6S/c1-31-20-10-14(11-21(32-2)22(20)33-3)13-26-23(28)15-4-6-16(7-5-15)27-34(29,30)17-8-9-18(24)19(25)12-17/h4-12,27H,13H2,1-3H3,(H,26,28).